The smallest absolute Gasteiger partial charge is 0.217 e. The van der Waals surface area contributed by atoms with E-state index in [1.807, 2.05) is 0 Å². The van der Waals surface area contributed by atoms with Gasteiger partial charge in [-0.1, -0.05) is 48.9 Å². The normalized spacial score (nSPS) is 22.7. The molecule has 4 rings (SSSR count). The Balaban J connectivity index is 0.00000289. The second-order valence-corrected chi connectivity index (χ2v) is 12.4. The van der Waals surface area contributed by atoms with Crippen LogP contribution in [0.1, 0.15) is 74.6 Å². The fourth-order valence-electron chi connectivity index (χ4n) is 5.43. The molecule has 180 valence electrons. The van der Waals surface area contributed by atoms with Crippen molar-refractivity contribution in [2.24, 2.45) is 0 Å². The number of nitrogens with zero attached hydrogens (tertiary/aromatic N) is 2. The topological polar surface area (TPSA) is 57.7 Å². The highest BCUT2D eigenvalue weighted by atomic mass is 35.5. The number of benzene rings is 1. The van der Waals surface area contributed by atoms with Gasteiger partial charge in [0.1, 0.15) is 0 Å². The summed E-state index contributed by atoms with van der Waals surface area (Å²) in [4.78, 5) is 15.4. The molecule has 3 fully saturated rings. The second kappa shape index (κ2) is 10.9. The van der Waals surface area contributed by atoms with Gasteiger partial charge in [-0.05, 0) is 50.3 Å². The first-order chi connectivity index (χ1) is 14.8. The molecule has 9 heteroatoms. The van der Waals surface area contributed by atoms with Crippen molar-refractivity contribution in [3.8, 4) is 0 Å². The number of hydrogen-bond acceptors (Lipinski definition) is 4. The van der Waals surface area contributed by atoms with E-state index in [0.717, 1.165) is 64.5 Å². The summed E-state index contributed by atoms with van der Waals surface area (Å²) in [6, 6.07) is 5.04. The van der Waals surface area contributed by atoms with E-state index in [1.165, 1.54) is 6.42 Å². The first-order valence-electron chi connectivity index (χ1n) is 11.5. The van der Waals surface area contributed by atoms with Gasteiger partial charge in [0.05, 0.1) is 10.3 Å². The summed E-state index contributed by atoms with van der Waals surface area (Å²) in [5.74, 6) is 0.0535. The molecule has 0 amide bonds. The van der Waals surface area contributed by atoms with Gasteiger partial charge in [0.25, 0.3) is 0 Å². The standard InChI is InChI=1S/C23H32Cl2N2O3S.ClH/c24-18-7-8-20(21(25)17-18)22(28)9-12-23(10-2-1-3-11-23)26-13-15-27(16-14-26)31(29,30)19-5-4-6-19;/h7-8,17,19H,1-6,9-16H2;1H. The minimum Gasteiger partial charge on any atom is -0.295 e. The minimum atomic E-state index is -3.14. The highest BCUT2D eigenvalue weighted by molar-refractivity contribution is 7.89. The van der Waals surface area contributed by atoms with Crippen LogP contribution >= 0.6 is 35.6 Å². The molecule has 5 nitrogen and oxygen atoms in total. The quantitative estimate of drug-likeness (QED) is 0.438. The van der Waals surface area contributed by atoms with E-state index >= 15 is 0 Å². The second-order valence-electron chi connectivity index (χ2n) is 9.32. The molecule has 1 heterocycles. The van der Waals surface area contributed by atoms with E-state index in [2.05, 4.69) is 4.90 Å². The van der Waals surface area contributed by atoms with Gasteiger partial charge in [-0.2, -0.15) is 4.31 Å². The number of carbonyl (C=O) groups excluding carboxylic acids is 1. The summed E-state index contributed by atoms with van der Waals surface area (Å²) in [5.41, 5.74) is 0.521. The molecule has 0 unspecified atom stereocenters. The van der Waals surface area contributed by atoms with Crippen LogP contribution in [-0.2, 0) is 10.0 Å². The lowest BCUT2D eigenvalue weighted by atomic mass is 9.76. The van der Waals surface area contributed by atoms with Crippen molar-refractivity contribution >= 4 is 51.4 Å². The zero-order valence-corrected chi connectivity index (χ0v) is 21.5. The average Bonchev–Trinajstić information content (AvgIpc) is 2.71. The lowest BCUT2D eigenvalue weighted by Crippen LogP contribution is -2.59. The number of Topliss-reactive ketones (excluding diaryl/α,β-unsaturated/α-hetero) is 1. The predicted octanol–water partition coefficient (Wildman–Crippen LogP) is 5.58. The van der Waals surface area contributed by atoms with Crippen LogP contribution in [0, 0.1) is 0 Å². The number of halogens is 3. The third kappa shape index (κ3) is 5.47. The number of piperazine rings is 1. The monoisotopic (exact) mass is 522 g/mol. The summed E-state index contributed by atoms with van der Waals surface area (Å²) in [6.07, 6.45) is 9.58. The summed E-state index contributed by atoms with van der Waals surface area (Å²) in [5, 5.41) is 0.773. The van der Waals surface area contributed by atoms with E-state index < -0.39 is 10.0 Å². The predicted molar refractivity (Wildman–Crippen MR) is 133 cm³/mol. The maximum Gasteiger partial charge on any atom is 0.217 e. The number of carbonyl (C=O) groups is 1. The van der Waals surface area contributed by atoms with Gasteiger partial charge in [0.2, 0.25) is 10.0 Å². The first kappa shape index (κ1) is 26.2. The van der Waals surface area contributed by atoms with Crippen LogP contribution in [0.25, 0.3) is 0 Å². The third-order valence-electron chi connectivity index (χ3n) is 7.58. The molecule has 32 heavy (non-hydrogen) atoms. The molecule has 1 aromatic rings. The van der Waals surface area contributed by atoms with Crippen LogP contribution in [0.4, 0.5) is 0 Å². The van der Waals surface area contributed by atoms with E-state index in [9.17, 15) is 13.2 Å². The van der Waals surface area contributed by atoms with Crippen molar-refractivity contribution in [3.63, 3.8) is 0 Å². The molecule has 2 saturated carbocycles. The van der Waals surface area contributed by atoms with Gasteiger partial charge in [0, 0.05) is 48.7 Å². The number of rotatable bonds is 7. The largest absolute Gasteiger partial charge is 0.295 e. The Kier molecular flexibility index (Phi) is 8.95. The molecule has 0 spiro atoms. The van der Waals surface area contributed by atoms with Crippen LogP contribution in [0.3, 0.4) is 0 Å². The van der Waals surface area contributed by atoms with Gasteiger partial charge in [-0.25, -0.2) is 8.42 Å². The molecule has 0 radical (unpaired) electrons. The van der Waals surface area contributed by atoms with Gasteiger partial charge in [0.15, 0.2) is 5.78 Å². The molecular formula is C23H33Cl3N2O3S. The summed E-state index contributed by atoms with van der Waals surface area (Å²) in [7, 11) is -3.14. The first-order valence-corrected chi connectivity index (χ1v) is 13.8. The van der Waals surface area contributed by atoms with Crippen molar-refractivity contribution < 1.29 is 13.2 Å². The average molecular weight is 524 g/mol. The Labute approximate surface area is 208 Å². The fourth-order valence-corrected chi connectivity index (χ4v) is 7.96. The molecule has 0 N–H and O–H groups in total. The van der Waals surface area contributed by atoms with Crippen molar-refractivity contribution in [2.45, 2.75) is 75.0 Å². The molecule has 2 aliphatic carbocycles. The molecule has 0 bridgehead atoms. The van der Waals surface area contributed by atoms with E-state index in [0.29, 0.717) is 35.1 Å². The molecule has 0 aromatic heterocycles. The van der Waals surface area contributed by atoms with Crippen LogP contribution < -0.4 is 0 Å². The Bertz CT molecular complexity index is 907. The summed E-state index contributed by atoms with van der Waals surface area (Å²) in [6.45, 7) is 2.64. The van der Waals surface area contributed by atoms with Crippen molar-refractivity contribution in [3.05, 3.63) is 33.8 Å². The number of ketones is 1. The summed E-state index contributed by atoms with van der Waals surface area (Å²) < 4.78 is 27.3. The Morgan fingerprint density at radius 1 is 1.00 bits per heavy atom. The van der Waals surface area contributed by atoms with Gasteiger partial charge in [-0.3, -0.25) is 9.69 Å². The molecular weight excluding hydrogens is 491 g/mol. The van der Waals surface area contributed by atoms with Crippen molar-refractivity contribution in [2.75, 3.05) is 26.2 Å². The third-order valence-corrected chi connectivity index (χ3v) is 10.5. The molecule has 1 aromatic carbocycles. The maximum absolute atomic E-state index is 12.9. The molecule has 3 aliphatic rings. The number of sulfonamides is 1. The van der Waals surface area contributed by atoms with E-state index in [1.54, 1.807) is 22.5 Å². The van der Waals surface area contributed by atoms with E-state index in [4.69, 9.17) is 23.2 Å². The van der Waals surface area contributed by atoms with Gasteiger partial charge >= 0.3 is 0 Å². The van der Waals surface area contributed by atoms with Gasteiger partial charge in [-0.15, -0.1) is 12.4 Å². The van der Waals surface area contributed by atoms with Crippen LogP contribution in [0.2, 0.25) is 10.0 Å². The zero-order chi connectivity index (χ0) is 22.1. The van der Waals surface area contributed by atoms with E-state index in [-0.39, 0.29) is 29.0 Å². The van der Waals surface area contributed by atoms with Crippen LogP contribution in [0.15, 0.2) is 18.2 Å². The van der Waals surface area contributed by atoms with Crippen molar-refractivity contribution in [1.82, 2.24) is 9.21 Å². The Hall–Kier alpha value is -0.370. The van der Waals surface area contributed by atoms with Crippen LogP contribution in [-0.4, -0.2) is 60.4 Å². The highest BCUT2D eigenvalue weighted by Gasteiger charge is 2.43. The Morgan fingerprint density at radius 2 is 1.66 bits per heavy atom. The fraction of sp³-hybridized carbons (Fsp3) is 0.696. The highest BCUT2D eigenvalue weighted by Crippen LogP contribution is 2.39. The number of hydrogen-bond donors (Lipinski definition) is 0. The lowest BCUT2D eigenvalue weighted by Gasteiger charge is -2.50. The molecule has 1 aliphatic heterocycles. The Morgan fingerprint density at radius 3 is 2.22 bits per heavy atom. The molecule has 1 saturated heterocycles. The maximum atomic E-state index is 12.9. The SMILES string of the molecule is Cl.O=C(CCC1(N2CCN(S(=O)(=O)C3CCC3)CC2)CCCCC1)c1ccc(Cl)cc1Cl. The van der Waals surface area contributed by atoms with Gasteiger partial charge < -0.3 is 0 Å². The lowest BCUT2D eigenvalue weighted by molar-refractivity contribution is 0.0162. The van der Waals surface area contributed by atoms with Crippen LogP contribution in [0.5, 0.6) is 0 Å². The van der Waals surface area contributed by atoms with Crippen molar-refractivity contribution in [1.29, 1.82) is 0 Å². The summed E-state index contributed by atoms with van der Waals surface area (Å²) >= 11 is 12.2. The zero-order valence-electron chi connectivity index (χ0n) is 18.4. The minimum absolute atomic E-state index is 0. The molecule has 0 atom stereocenters.